The van der Waals surface area contributed by atoms with E-state index in [1.54, 1.807) is 36.5 Å². The van der Waals surface area contributed by atoms with Crippen LogP contribution in [0.1, 0.15) is 18.4 Å². The summed E-state index contributed by atoms with van der Waals surface area (Å²) in [6.07, 6.45) is 3.10. The molecule has 1 aliphatic rings. The van der Waals surface area contributed by atoms with E-state index in [9.17, 15) is 12.8 Å². The Morgan fingerprint density at radius 1 is 1.11 bits per heavy atom. The standard InChI is InChI=1S/C20H18FNO4S/c1-25-20-11-18-16(10-17(20)21)19(8-9-22-18)26-14-4-2-13(3-5-14)12-27(23,24)15-6-7-15/h2-5,8-11,15H,6-7,12H2,1H3. The fraction of sp³-hybridized carbons (Fsp3) is 0.250. The summed E-state index contributed by atoms with van der Waals surface area (Å²) in [4.78, 5) is 4.22. The van der Waals surface area contributed by atoms with Crippen molar-refractivity contribution in [1.82, 2.24) is 4.98 Å². The third-order valence-electron chi connectivity index (χ3n) is 4.53. The Morgan fingerprint density at radius 2 is 1.85 bits per heavy atom. The third-order valence-corrected chi connectivity index (χ3v) is 6.75. The second-order valence-electron chi connectivity index (χ2n) is 6.57. The number of methoxy groups -OCH3 is 1. The molecular weight excluding hydrogens is 369 g/mol. The number of nitrogens with zero attached hydrogens (tertiary/aromatic N) is 1. The van der Waals surface area contributed by atoms with Gasteiger partial charge in [-0.05, 0) is 42.7 Å². The van der Waals surface area contributed by atoms with Gasteiger partial charge in [-0.2, -0.15) is 0 Å². The molecule has 0 amide bonds. The topological polar surface area (TPSA) is 65.5 Å². The highest BCUT2D eigenvalue weighted by Crippen LogP contribution is 2.33. The van der Waals surface area contributed by atoms with Gasteiger partial charge in [0.05, 0.1) is 23.6 Å². The number of halogens is 1. The SMILES string of the molecule is COc1cc2nccc(Oc3ccc(CS(=O)(=O)C4CC4)cc3)c2cc1F. The highest BCUT2D eigenvalue weighted by Gasteiger charge is 2.35. The van der Waals surface area contributed by atoms with Gasteiger partial charge in [0.25, 0.3) is 0 Å². The van der Waals surface area contributed by atoms with E-state index in [0.717, 1.165) is 18.4 Å². The number of hydrogen-bond donors (Lipinski definition) is 0. The predicted molar refractivity (Wildman–Crippen MR) is 100 cm³/mol. The van der Waals surface area contributed by atoms with E-state index in [1.165, 1.54) is 19.2 Å². The Kier molecular flexibility index (Phi) is 4.47. The highest BCUT2D eigenvalue weighted by atomic mass is 32.2. The second kappa shape index (κ2) is 6.81. The minimum Gasteiger partial charge on any atom is -0.494 e. The first-order chi connectivity index (χ1) is 13.0. The zero-order valence-corrected chi connectivity index (χ0v) is 15.5. The molecule has 1 aliphatic carbocycles. The van der Waals surface area contributed by atoms with Gasteiger partial charge in [-0.25, -0.2) is 12.8 Å². The minimum absolute atomic E-state index is 0.0428. The van der Waals surface area contributed by atoms with Crippen LogP contribution in [0.25, 0.3) is 10.9 Å². The number of benzene rings is 2. The van der Waals surface area contributed by atoms with Crippen LogP contribution in [0.3, 0.4) is 0 Å². The van der Waals surface area contributed by atoms with Crippen molar-refractivity contribution >= 4 is 20.7 Å². The Bertz CT molecular complexity index is 1090. The van der Waals surface area contributed by atoms with Gasteiger partial charge < -0.3 is 9.47 Å². The molecule has 0 N–H and O–H groups in total. The number of rotatable bonds is 6. The smallest absolute Gasteiger partial charge is 0.165 e. The summed E-state index contributed by atoms with van der Waals surface area (Å²) in [5.41, 5.74) is 1.28. The van der Waals surface area contributed by atoms with E-state index in [-0.39, 0.29) is 16.8 Å². The molecule has 0 unspecified atom stereocenters. The summed E-state index contributed by atoms with van der Waals surface area (Å²) < 4.78 is 49.1. The summed E-state index contributed by atoms with van der Waals surface area (Å²) in [7, 11) is -1.66. The quantitative estimate of drug-likeness (QED) is 0.633. The van der Waals surface area contributed by atoms with Crippen LogP contribution < -0.4 is 9.47 Å². The fourth-order valence-corrected chi connectivity index (χ4v) is 4.67. The lowest BCUT2D eigenvalue weighted by Gasteiger charge is -2.11. The Labute approximate surface area is 156 Å². The van der Waals surface area contributed by atoms with E-state index in [1.807, 2.05) is 0 Å². The van der Waals surface area contributed by atoms with Gasteiger partial charge in [0.2, 0.25) is 0 Å². The lowest BCUT2D eigenvalue weighted by Crippen LogP contribution is -2.09. The normalized spacial score (nSPS) is 14.3. The summed E-state index contributed by atoms with van der Waals surface area (Å²) >= 11 is 0. The Morgan fingerprint density at radius 3 is 2.52 bits per heavy atom. The second-order valence-corrected chi connectivity index (χ2v) is 8.85. The summed E-state index contributed by atoms with van der Waals surface area (Å²) in [5, 5.41) is 0.347. The number of fused-ring (bicyclic) bond motifs is 1. The first-order valence-electron chi connectivity index (χ1n) is 8.57. The molecule has 0 atom stereocenters. The molecule has 27 heavy (non-hydrogen) atoms. The van der Waals surface area contributed by atoms with Crippen LogP contribution in [0.4, 0.5) is 4.39 Å². The maximum Gasteiger partial charge on any atom is 0.165 e. The molecule has 1 saturated carbocycles. The van der Waals surface area contributed by atoms with E-state index < -0.39 is 15.7 Å². The molecule has 0 saturated heterocycles. The molecule has 7 heteroatoms. The van der Waals surface area contributed by atoms with Gasteiger partial charge in [0.1, 0.15) is 11.5 Å². The molecule has 140 valence electrons. The number of pyridine rings is 1. The molecule has 5 nitrogen and oxygen atoms in total. The number of ether oxygens (including phenoxy) is 2. The van der Waals surface area contributed by atoms with Gasteiger partial charge in [-0.1, -0.05) is 12.1 Å². The summed E-state index contributed by atoms with van der Waals surface area (Å²) in [5.74, 6) is 0.657. The van der Waals surface area contributed by atoms with Gasteiger partial charge in [0.15, 0.2) is 21.4 Å². The molecule has 0 spiro atoms. The fourth-order valence-electron chi connectivity index (χ4n) is 2.93. The maximum atomic E-state index is 14.1. The molecular formula is C20H18FNO4S. The zero-order chi connectivity index (χ0) is 19.0. The lowest BCUT2D eigenvalue weighted by molar-refractivity contribution is 0.387. The van der Waals surface area contributed by atoms with Gasteiger partial charge in [-0.15, -0.1) is 0 Å². The van der Waals surface area contributed by atoms with Crippen LogP contribution in [0.15, 0.2) is 48.7 Å². The molecule has 0 bridgehead atoms. The Hall–Kier alpha value is -2.67. The van der Waals surface area contributed by atoms with E-state index in [0.29, 0.717) is 22.4 Å². The average molecular weight is 387 g/mol. The van der Waals surface area contributed by atoms with Crippen molar-refractivity contribution in [3.05, 3.63) is 60.0 Å². The molecule has 1 fully saturated rings. The summed E-state index contributed by atoms with van der Waals surface area (Å²) in [6, 6.07) is 11.4. The van der Waals surface area contributed by atoms with Crippen molar-refractivity contribution in [1.29, 1.82) is 0 Å². The van der Waals surface area contributed by atoms with Crippen molar-refractivity contribution in [2.45, 2.75) is 23.8 Å². The molecule has 2 aromatic carbocycles. The first kappa shape index (κ1) is 17.7. The summed E-state index contributed by atoms with van der Waals surface area (Å²) in [6.45, 7) is 0. The van der Waals surface area contributed by atoms with Crippen LogP contribution in [0, 0.1) is 5.82 Å². The lowest BCUT2D eigenvalue weighted by atomic mass is 10.2. The van der Waals surface area contributed by atoms with Crippen molar-refractivity contribution in [3.8, 4) is 17.2 Å². The molecule has 3 aromatic rings. The predicted octanol–water partition coefficient (Wildman–Crippen LogP) is 4.25. The largest absolute Gasteiger partial charge is 0.494 e. The maximum absolute atomic E-state index is 14.1. The highest BCUT2D eigenvalue weighted by molar-refractivity contribution is 7.91. The average Bonchev–Trinajstić information content (AvgIpc) is 3.49. The van der Waals surface area contributed by atoms with E-state index in [4.69, 9.17) is 9.47 Å². The van der Waals surface area contributed by atoms with Gasteiger partial charge >= 0.3 is 0 Å². The molecule has 4 rings (SSSR count). The number of aromatic nitrogens is 1. The minimum atomic E-state index is -3.05. The van der Waals surface area contributed by atoms with Crippen molar-refractivity contribution in [2.75, 3.05) is 7.11 Å². The Balaban J connectivity index is 1.58. The van der Waals surface area contributed by atoms with Crippen LogP contribution in [0.5, 0.6) is 17.2 Å². The van der Waals surface area contributed by atoms with Crippen LogP contribution >= 0.6 is 0 Å². The van der Waals surface area contributed by atoms with Crippen molar-refractivity contribution in [2.24, 2.45) is 0 Å². The van der Waals surface area contributed by atoms with E-state index >= 15 is 0 Å². The van der Waals surface area contributed by atoms with Crippen molar-refractivity contribution < 1.29 is 22.3 Å². The number of hydrogen-bond acceptors (Lipinski definition) is 5. The van der Waals surface area contributed by atoms with Gasteiger partial charge in [0, 0.05) is 17.6 Å². The van der Waals surface area contributed by atoms with Crippen molar-refractivity contribution in [3.63, 3.8) is 0 Å². The monoisotopic (exact) mass is 387 g/mol. The number of sulfone groups is 1. The van der Waals surface area contributed by atoms with E-state index in [2.05, 4.69) is 4.98 Å². The van der Waals surface area contributed by atoms with Crippen LogP contribution in [0.2, 0.25) is 0 Å². The first-order valence-corrected chi connectivity index (χ1v) is 10.3. The van der Waals surface area contributed by atoms with Gasteiger partial charge in [-0.3, -0.25) is 4.98 Å². The molecule has 1 aromatic heterocycles. The third kappa shape index (κ3) is 3.73. The molecule has 1 heterocycles. The van der Waals surface area contributed by atoms with Crippen LogP contribution in [-0.2, 0) is 15.6 Å². The van der Waals surface area contributed by atoms with Crippen LogP contribution in [-0.4, -0.2) is 25.8 Å². The zero-order valence-electron chi connectivity index (χ0n) is 14.7. The molecule has 0 radical (unpaired) electrons. The molecule has 0 aliphatic heterocycles.